The van der Waals surface area contributed by atoms with Gasteiger partial charge >= 0.3 is 0 Å². The standard InChI is InChI=1S/C21H19FN6O/c1-27(14-5-3-2-4-6-14)18-12-24-21(28-13-25-26-20(18)28)23-11-16-15-9-10-29-19(15)8-7-17(16)22/h2-8,12-13H,9-11H2,1H3,(H,23,24). The van der Waals surface area contributed by atoms with Crippen molar-refractivity contribution in [1.82, 2.24) is 19.6 Å². The number of ether oxygens (including phenoxy) is 1. The average Bonchev–Trinajstić information content (AvgIpc) is 3.43. The highest BCUT2D eigenvalue weighted by Crippen LogP contribution is 2.31. The van der Waals surface area contributed by atoms with Crippen LogP contribution in [0, 0.1) is 5.82 Å². The molecule has 0 saturated carbocycles. The molecule has 1 aliphatic rings. The predicted molar refractivity (Wildman–Crippen MR) is 108 cm³/mol. The van der Waals surface area contributed by atoms with Gasteiger partial charge in [-0.1, -0.05) is 18.2 Å². The molecule has 0 fully saturated rings. The van der Waals surface area contributed by atoms with Crippen molar-refractivity contribution in [2.24, 2.45) is 0 Å². The molecule has 3 heterocycles. The van der Waals surface area contributed by atoms with Gasteiger partial charge < -0.3 is 15.0 Å². The maximum atomic E-state index is 14.4. The van der Waals surface area contributed by atoms with E-state index < -0.39 is 0 Å². The fourth-order valence-corrected chi connectivity index (χ4v) is 3.64. The van der Waals surface area contributed by atoms with Gasteiger partial charge in [0.2, 0.25) is 5.95 Å². The highest BCUT2D eigenvalue weighted by molar-refractivity contribution is 5.75. The summed E-state index contributed by atoms with van der Waals surface area (Å²) in [5.41, 5.74) is 4.02. The third kappa shape index (κ3) is 3.02. The summed E-state index contributed by atoms with van der Waals surface area (Å²) < 4.78 is 21.7. The smallest absolute Gasteiger partial charge is 0.210 e. The summed E-state index contributed by atoms with van der Waals surface area (Å²) in [6.07, 6.45) is 4.05. The third-order valence-corrected chi connectivity index (χ3v) is 5.18. The Kier molecular flexibility index (Phi) is 4.23. The molecule has 0 amide bonds. The molecule has 0 atom stereocenters. The van der Waals surface area contributed by atoms with E-state index in [4.69, 9.17) is 4.74 Å². The van der Waals surface area contributed by atoms with Crippen molar-refractivity contribution < 1.29 is 9.13 Å². The van der Waals surface area contributed by atoms with Crippen molar-refractivity contribution in [3.05, 3.63) is 71.9 Å². The van der Waals surface area contributed by atoms with Crippen LogP contribution in [-0.4, -0.2) is 33.2 Å². The Morgan fingerprint density at radius 1 is 1.21 bits per heavy atom. The molecular formula is C21H19FN6O. The second kappa shape index (κ2) is 7.05. The van der Waals surface area contributed by atoms with E-state index in [1.54, 1.807) is 23.0 Å². The van der Waals surface area contributed by atoms with E-state index in [1.165, 1.54) is 6.07 Å². The van der Waals surface area contributed by atoms with E-state index in [2.05, 4.69) is 20.5 Å². The number of halogens is 1. The molecule has 1 N–H and O–H groups in total. The zero-order chi connectivity index (χ0) is 19.8. The van der Waals surface area contributed by atoms with Crippen molar-refractivity contribution in [2.45, 2.75) is 13.0 Å². The van der Waals surface area contributed by atoms with Gasteiger partial charge in [0.05, 0.1) is 12.8 Å². The van der Waals surface area contributed by atoms with Gasteiger partial charge in [-0.05, 0) is 24.3 Å². The Labute approximate surface area is 166 Å². The normalized spacial score (nSPS) is 12.6. The number of rotatable bonds is 5. The SMILES string of the molecule is CN(c1ccccc1)c1cnc(NCc2c(F)ccc3c2CCO3)n2cnnc12. The summed E-state index contributed by atoms with van der Waals surface area (Å²) in [6, 6.07) is 13.1. The van der Waals surface area contributed by atoms with Crippen LogP contribution in [0.1, 0.15) is 11.1 Å². The molecule has 8 heteroatoms. The van der Waals surface area contributed by atoms with Gasteiger partial charge in [-0.2, -0.15) is 0 Å². The largest absolute Gasteiger partial charge is 0.493 e. The third-order valence-electron chi connectivity index (χ3n) is 5.18. The minimum absolute atomic E-state index is 0.248. The topological polar surface area (TPSA) is 67.6 Å². The van der Waals surface area contributed by atoms with Crippen LogP contribution in [0.15, 0.2) is 55.0 Å². The fraction of sp³-hybridized carbons (Fsp3) is 0.190. The highest BCUT2D eigenvalue weighted by atomic mass is 19.1. The van der Waals surface area contributed by atoms with E-state index in [-0.39, 0.29) is 5.82 Å². The van der Waals surface area contributed by atoms with Gasteiger partial charge in [0.1, 0.15) is 23.6 Å². The number of aromatic nitrogens is 4. The summed E-state index contributed by atoms with van der Waals surface area (Å²) in [6.45, 7) is 0.882. The van der Waals surface area contributed by atoms with Gasteiger partial charge in [-0.15, -0.1) is 10.2 Å². The number of nitrogens with zero attached hydrogens (tertiary/aromatic N) is 5. The molecule has 146 valence electrons. The van der Waals surface area contributed by atoms with Crippen LogP contribution in [-0.2, 0) is 13.0 Å². The van der Waals surface area contributed by atoms with Crippen molar-refractivity contribution in [3.63, 3.8) is 0 Å². The van der Waals surface area contributed by atoms with Crippen LogP contribution >= 0.6 is 0 Å². The van der Waals surface area contributed by atoms with Crippen LogP contribution in [0.3, 0.4) is 0 Å². The summed E-state index contributed by atoms with van der Waals surface area (Å²) in [5.74, 6) is 1.05. The molecular weight excluding hydrogens is 371 g/mol. The molecule has 2 aromatic carbocycles. The maximum Gasteiger partial charge on any atom is 0.210 e. The first-order valence-corrected chi connectivity index (χ1v) is 9.37. The van der Waals surface area contributed by atoms with Crippen LogP contribution in [0.25, 0.3) is 5.65 Å². The van der Waals surface area contributed by atoms with Gasteiger partial charge in [0.15, 0.2) is 5.65 Å². The molecule has 0 unspecified atom stereocenters. The summed E-state index contributed by atoms with van der Waals surface area (Å²) in [4.78, 5) is 6.54. The molecule has 1 aliphatic heterocycles. The molecule has 7 nitrogen and oxygen atoms in total. The number of hydrogen-bond donors (Lipinski definition) is 1. The number of para-hydroxylation sites is 1. The maximum absolute atomic E-state index is 14.4. The molecule has 0 aliphatic carbocycles. The van der Waals surface area contributed by atoms with Crippen molar-refractivity contribution in [1.29, 1.82) is 0 Å². The summed E-state index contributed by atoms with van der Waals surface area (Å²) in [5, 5.41) is 11.5. The highest BCUT2D eigenvalue weighted by Gasteiger charge is 2.20. The van der Waals surface area contributed by atoms with Crippen molar-refractivity contribution in [3.8, 4) is 5.75 Å². The van der Waals surface area contributed by atoms with Gasteiger partial charge in [-0.25, -0.2) is 13.8 Å². The van der Waals surface area contributed by atoms with Gasteiger partial charge in [0, 0.05) is 36.8 Å². The molecule has 29 heavy (non-hydrogen) atoms. The van der Waals surface area contributed by atoms with Crippen LogP contribution in [0.5, 0.6) is 5.75 Å². The predicted octanol–water partition coefficient (Wildman–Crippen LogP) is 3.58. The van der Waals surface area contributed by atoms with Crippen molar-refractivity contribution >= 4 is 23.0 Å². The van der Waals surface area contributed by atoms with E-state index in [0.717, 1.165) is 22.7 Å². The van der Waals surface area contributed by atoms with Crippen LogP contribution in [0.4, 0.5) is 21.7 Å². The zero-order valence-electron chi connectivity index (χ0n) is 15.8. The molecule has 0 bridgehead atoms. The quantitative estimate of drug-likeness (QED) is 0.562. The lowest BCUT2D eigenvalue weighted by molar-refractivity contribution is 0.356. The second-order valence-corrected chi connectivity index (χ2v) is 6.84. The second-order valence-electron chi connectivity index (χ2n) is 6.84. The molecule has 2 aromatic heterocycles. The number of benzene rings is 2. The lowest BCUT2D eigenvalue weighted by Crippen LogP contribution is -2.14. The summed E-state index contributed by atoms with van der Waals surface area (Å²) in [7, 11) is 1.96. The van der Waals surface area contributed by atoms with E-state index >= 15 is 0 Å². The first kappa shape index (κ1) is 17.4. The Morgan fingerprint density at radius 3 is 2.93 bits per heavy atom. The molecule has 0 radical (unpaired) electrons. The Bertz CT molecular complexity index is 1180. The first-order valence-electron chi connectivity index (χ1n) is 9.37. The number of anilines is 3. The Balaban J connectivity index is 1.46. The van der Waals surface area contributed by atoms with Gasteiger partial charge in [-0.3, -0.25) is 0 Å². The van der Waals surface area contributed by atoms with E-state index in [9.17, 15) is 4.39 Å². The lowest BCUT2D eigenvalue weighted by Gasteiger charge is -2.20. The zero-order valence-corrected chi connectivity index (χ0v) is 15.8. The number of nitrogens with one attached hydrogen (secondary N) is 1. The number of fused-ring (bicyclic) bond motifs is 2. The van der Waals surface area contributed by atoms with Crippen molar-refractivity contribution in [2.75, 3.05) is 23.9 Å². The van der Waals surface area contributed by atoms with Crippen LogP contribution in [0.2, 0.25) is 0 Å². The van der Waals surface area contributed by atoms with Crippen LogP contribution < -0.4 is 15.0 Å². The summed E-state index contributed by atoms with van der Waals surface area (Å²) >= 11 is 0. The van der Waals surface area contributed by atoms with E-state index in [1.807, 2.05) is 42.3 Å². The molecule has 0 spiro atoms. The lowest BCUT2D eigenvalue weighted by atomic mass is 10.0. The molecule has 4 aromatic rings. The minimum Gasteiger partial charge on any atom is -0.493 e. The molecule has 0 saturated heterocycles. The molecule has 5 rings (SSSR count). The Hall–Kier alpha value is -3.68. The minimum atomic E-state index is -0.248. The average molecular weight is 390 g/mol. The van der Waals surface area contributed by atoms with Gasteiger partial charge in [0.25, 0.3) is 0 Å². The first-order chi connectivity index (χ1) is 14.2. The number of hydrogen-bond acceptors (Lipinski definition) is 6. The van der Waals surface area contributed by atoms with E-state index in [0.29, 0.717) is 36.7 Å². The Morgan fingerprint density at radius 2 is 2.07 bits per heavy atom. The monoisotopic (exact) mass is 390 g/mol. The fourth-order valence-electron chi connectivity index (χ4n) is 3.64.